The smallest absolute Gasteiger partial charge is 0.416 e. The van der Waals surface area contributed by atoms with Crippen LogP contribution in [0.15, 0.2) is 49.1 Å². The summed E-state index contributed by atoms with van der Waals surface area (Å²) in [4.78, 5) is 30.4. The molecule has 35 heavy (non-hydrogen) atoms. The first-order chi connectivity index (χ1) is 17.0. The first-order valence-corrected chi connectivity index (χ1v) is 11.7. The minimum absolute atomic E-state index is 0.0258. The molecule has 9 nitrogen and oxygen atoms in total. The van der Waals surface area contributed by atoms with Crippen LogP contribution in [-0.2, 0) is 20.6 Å². The van der Waals surface area contributed by atoms with E-state index in [9.17, 15) is 14.7 Å². The molecule has 1 saturated heterocycles. The molecule has 0 radical (unpaired) electrons. The van der Waals surface area contributed by atoms with Crippen LogP contribution >= 0.6 is 0 Å². The monoisotopic (exact) mass is 480 g/mol. The minimum Gasteiger partial charge on any atom is -0.504 e. The number of anilines is 2. The molecule has 1 N–H and O–H groups in total. The predicted molar refractivity (Wildman–Crippen MR) is 128 cm³/mol. The first-order valence-electron chi connectivity index (χ1n) is 11.7. The third-order valence-corrected chi connectivity index (χ3v) is 6.55. The fraction of sp³-hybridized carbons (Fsp3) is 0.385. The lowest BCUT2D eigenvalue weighted by atomic mass is 10.1. The Morgan fingerprint density at radius 3 is 2.83 bits per heavy atom. The number of ether oxygens (including phenoxy) is 4. The topological polar surface area (TPSA) is 97.8 Å². The number of methoxy groups -OCH3 is 1. The normalized spacial score (nSPS) is 23.1. The molecule has 3 heterocycles. The molecule has 1 fully saturated rings. The van der Waals surface area contributed by atoms with E-state index in [1.54, 1.807) is 4.90 Å². The summed E-state index contributed by atoms with van der Waals surface area (Å²) in [7, 11) is 1.40. The Balaban J connectivity index is 1.68. The van der Waals surface area contributed by atoms with Crippen molar-refractivity contribution in [2.75, 3.05) is 30.1 Å². The van der Waals surface area contributed by atoms with Crippen LogP contribution in [0.25, 0.3) is 0 Å². The van der Waals surface area contributed by atoms with Gasteiger partial charge in [0, 0.05) is 18.4 Å². The highest BCUT2D eigenvalue weighted by Crippen LogP contribution is 2.45. The molecule has 3 atom stereocenters. The maximum Gasteiger partial charge on any atom is 0.416 e. The van der Waals surface area contributed by atoms with E-state index in [4.69, 9.17) is 18.9 Å². The molecule has 0 spiro atoms. The van der Waals surface area contributed by atoms with E-state index in [2.05, 4.69) is 6.58 Å². The largest absolute Gasteiger partial charge is 0.504 e. The zero-order chi connectivity index (χ0) is 24.5. The summed E-state index contributed by atoms with van der Waals surface area (Å²) < 4.78 is 23.0. The zero-order valence-corrected chi connectivity index (χ0v) is 19.5. The van der Waals surface area contributed by atoms with Gasteiger partial charge in [-0.25, -0.2) is 9.69 Å². The summed E-state index contributed by atoms with van der Waals surface area (Å²) in [6, 6.07) is 9.87. The number of aromatic hydroxyl groups is 1. The van der Waals surface area contributed by atoms with Gasteiger partial charge >= 0.3 is 6.09 Å². The van der Waals surface area contributed by atoms with Crippen molar-refractivity contribution in [1.82, 2.24) is 0 Å². The van der Waals surface area contributed by atoms with E-state index in [-0.39, 0.29) is 35.3 Å². The quantitative estimate of drug-likeness (QED) is 0.647. The molecule has 0 bridgehead atoms. The highest BCUT2D eigenvalue weighted by Gasteiger charge is 2.49. The number of phenols is 1. The van der Waals surface area contributed by atoms with Crippen LogP contribution in [0, 0.1) is 0 Å². The van der Waals surface area contributed by atoms with Crippen molar-refractivity contribution >= 4 is 23.4 Å². The maximum atomic E-state index is 14.0. The van der Waals surface area contributed by atoms with E-state index in [1.807, 2.05) is 24.3 Å². The van der Waals surface area contributed by atoms with Gasteiger partial charge in [-0.15, -0.1) is 0 Å². The van der Waals surface area contributed by atoms with Crippen LogP contribution in [0.2, 0.25) is 0 Å². The summed E-state index contributed by atoms with van der Waals surface area (Å²) >= 11 is 0. The number of nitrogens with zero attached hydrogens (tertiary/aromatic N) is 2. The number of phenolic OH excluding ortho intramolecular Hbond substituents is 1. The Hall–Kier alpha value is -3.56. The number of carbonyl (C=O) groups is 2. The number of carbonyl (C=O) groups excluding carboxylic acids is 2. The lowest BCUT2D eigenvalue weighted by Crippen LogP contribution is -2.55. The summed E-state index contributed by atoms with van der Waals surface area (Å²) in [5.74, 6) is -0.420. The van der Waals surface area contributed by atoms with Gasteiger partial charge in [0.1, 0.15) is 6.61 Å². The van der Waals surface area contributed by atoms with Crippen LogP contribution in [-0.4, -0.2) is 56.0 Å². The van der Waals surface area contributed by atoms with Crippen LogP contribution < -0.4 is 14.5 Å². The van der Waals surface area contributed by atoms with Crippen molar-refractivity contribution in [3.8, 4) is 11.5 Å². The predicted octanol–water partition coefficient (Wildman–Crippen LogP) is 3.98. The van der Waals surface area contributed by atoms with Gasteiger partial charge < -0.3 is 29.0 Å². The van der Waals surface area contributed by atoms with Gasteiger partial charge in [-0.3, -0.25) is 4.79 Å². The van der Waals surface area contributed by atoms with Crippen molar-refractivity contribution in [2.45, 2.75) is 44.2 Å². The first kappa shape index (κ1) is 23.2. The number of hydrogen-bond acceptors (Lipinski definition) is 7. The number of para-hydroxylation sites is 1. The molecule has 3 aliphatic heterocycles. The molecule has 3 aliphatic rings. The number of fused-ring (bicyclic) bond motifs is 4. The second-order valence-electron chi connectivity index (χ2n) is 8.67. The Morgan fingerprint density at radius 2 is 2.09 bits per heavy atom. The van der Waals surface area contributed by atoms with Crippen LogP contribution in [0.1, 0.15) is 35.2 Å². The Kier molecular flexibility index (Phi) is 6.36. The Bertz CT molecular complexity index is 1140. The lowest BCUT2D eigenvalue weighted by Gasteiger charge is -2.38. The highest BCUT2D eigenvalue weighted by molar-refractivity contribution is 6.14. The standard InChI is InChI=1S/C26H28N2O7/c1-3-11-34-26(31)28-19-15-21(29)22(32-2)14-17(19)24(30)27-18-9-5-4-8-16(18)13-20(27)25(28)35-23-10-6-7-12-33-23/h3-5,8-9,14-15,20,23,25,29H,1,6-7,10-13H2,2H3/t20-,23?,25?/m0/s1. The summed E-state index contributed by atoms with van der Waals surface area (Å²) in [6.45, 7) is 4.15. The molecule has 0 aliphatic carbocycles. The zero-order valence-electron chi connectivity index (χ0n) is 19.5. The third-order valence-electron chi connectivity index (χ3n) is 6.55. The van der Waals surface area contributed by atoms with Crippen molar-refractivity contribution in [3.63, 3.8) is 0 Å². The minimum atomic E-state index is -0.930. The van der Waals surface area contributed by atoms with Crippen LogP contribution in [0.5, 0.6) is 11.5 Å². The molecule has 9 heteroatoms. The molecular formula is C26H28N2O7. The number of hydrogen-bond donors (Lipinski definition) is 1. The summed E-state index contributed by atoms with van der Waals surface area (Å²) in [5.41, 5.74) is 2.08. The molecule has 2 aromatic rings. The van der Waals surface area contributed by atoms with E-state index in [0.29, 0.717) is 19.4 Å². The molecule has 5 rings (SSSR count). The van der Waals surface area contributed by atoms with Crippen molar-refractivity contribution < 1.29 is 33.6 Å². The second kappa shape index (κ2) is 9.59. The summed E-state index contributed by atoms with van der Waals surface area (Å²) in [6.07, 6.45) is 2.28. The van der Waals surface area contributed by atoms with Gasteiger partial charge in [0.05, 0.1) is 24.4 Å². The van der Waals surface area contributed by atoms with E-state index in [0.717, 1.165) is 24.1 Å². The Morgan fingerprint density at radius 1 is 1.26 bits per heavy atom. The molecule has 184 valence electrons. The molecule has 0 aromatic heterocycles. The SMILES string of the molecule is C=CCOC(=O)N1c2cc(O)c(OC)cc2C(=O)N2c3ccccc3C[C@H]2C1OC1CCCCO1. The van der Waals surface area contributed by atoms with E-state index < -0.39 is 24.7 Å². The van der Waals surface area contributed by atoms with E-state index in [1.165, 1.54) is 30.2 Å². The van der Waals surface area contributed by atoms with Gasteiger partial charge in [-0.05, 0) is 43.4 Å². The molecule has 0 saturated carbocycles. The van der Waals surface area contributed by atoms with Crippen molar-refractivity contribution in [3.05, 3.63) is 60.2 Å². The second-order valence-corrected chi connectivity index (χ2v) is 8.67. The number of rotatable bonds is 5. The molecule has 2 amide bonds. The van der Waals surface area contributed by atoms with Crippen molar-refractivity contribution in [2.24, 2.45) is 0 Å². The average molecular weight is 481 g/mol. The molecule has 2 unspecified atom stereocenters. The fourth-order valence-electron chi connectivity index (χ4n) is 4.96. The maximum absolute atomic E-state index is 14.0. The molecular weight excluding hydrogens is 452 g/mol. The van der Waals surface area contributed by atoms with Crippen LogP contribution in [0.3, 0.4) is 0 Å². The van der Waals surface area contributed by atoms with Gasteiger partial charge in [0.2, 0.25) is 0 Å². The fourth-order valence-corrected chi connectivity index (χ4v) is 4.96. The summed E-state index contributed by atoms with van der Waals surface area (Å²) in [5, 5.41) is 10.6. The van der Waals surface area contributed by atoms with Gasteiger partial charge in [-0.2, -0.15) is 0 Å². The van der Waals surface area contributed by atoms with Gasteiger partial charge in [-0.1, -0.05) is 30.9 Å². The van der Waals surface area contributed by atoms with Crippen molar-refractivity contribution in [1.29, 1.82) is 0 Å². The van der Waals surface area contributed by atoms with Crippen LogP contribution in [0.4, 0.5) is 16.2 Å². The average Bonchev–Trinajstić information content (AvgIpc) is 3.23. The lowest BCUT2D eigenvalue weighted by molar-refractivity contribution is -0.190. The number of benzene rings is 2. The molecule has 2 aromatic carbocycles. The van der Waals surface area contributed by atoms with E-state index >= 15 is 0 Å². The highest BCUT2D eigenvalue weighted by atomic mass is 16.7. The number of amides is 2. The van der Waals surface area contributed by atoms with Gasteiger partial charge in [0.15, 0.2) is 24.0 Å². The van der Waals surface area contributed by atoms with Gasteiger partial charge in [0.25, 0.3) is 5.91 Å². The Labute approximate surface area is 203 Å². The third kappa shape index (κ3) is 4.11.